The molecule has 0 radical (unpaired) electrons. The first kappa shape index (κ1) is 20.1. The van der Waals surface area contributed by atoms with Crippen LogP contribution < -0.4 is 11.1 Å². The summed E-state index contributed by atoms with van der Waals surface area (Å²) in [6.07, 6.45) is 1.43. The number of oxime groups is 1. The van der Waals surface area contributed by atoms with Crippen molar-refractivity contribution in [1.82, 2.24) is 19.6 Å². The van der Waals surface area contributed by atoms with Crippen molar-refractivity contribution in [2.45, 2.75) is 11.4 Å². The molecule has 1 aromatic rings. The van der Waals surface area contributed by atoms with E-state index in [1.54, 1.807) is 0 Å². The van der Waals surface area contributed by atoms with Crippen molar-refractivity contribution in [2.24, 2.45) is 5.16 Å². The van der Waals surface area contributed by atoms with Crippen molar-refractivity contribution in [3.8, 4) is 0 Å². The smallest absolute Gasteiger partial charge is 0.352 e. The van der Waals surface area contributed by atoms with E-state index in [-0.39, 0.29) is 22.4 Å². The number of hydrogen-bond acceptors (Lipinski definition) is 10. The summed E-state index contributed by atoms with van der Waals surface area (Å²) in [6, 6.07) is -0.939. The number of carboxylic acids is 1. The third-order valence-corrected chi connectivity index (χ3v) is 5.77. The van der Waals surface area contributed by atoms with Gasteiger partial charge in [-0.2, -0.15) is 9.36 Å². The lowest BCUT2D eigenvalue weighted by Gasteiger charge is -2.49. The van der Waals surface area contributed by atoms with Gasteiger partial charge in [0, 0.05) is 22.8 Å². The molecular formula is C14H13ClN6O5S2. The number of nitrogens with one attached hydrogen (secondary N) is 1. The van der Waals surface area contributed by atoms with Gasteiger partial charge in [-0.25, -0.2) is 4.79 Å². The molecule has 2 aliphatic rings. The molecule has 1 fully saturated rings. The van der Waals surface area contributed by atoms with Crippen molar-refractivity contribution < 1.29 is 24.3 Å². The molecule has 2 aliphatic heterocycles. The minimum atomic E-state index is -1.25. The number of hydrogen-bond donors (Lipinski definition) is 3. The maximum Gasteiger partial charge on any atom is 0.352 e. The van der Waals surface area contributed by atoms with Crippen LogP contribution in [0.5, 0.6) is 0 Å². The fraction of sp³-hybridized carbons (Fsp3) is 0.286. The lowest BCUT2D eigenvalue weighted by atomic mass is 10.0. The second kappa shape index (κ2) is 8.16. The molecular weight excluding hydrogens is 432 g/mol. The predicted octanol–water partition coefficient (Wildman–Crippen LogP) is -0.0381. The van der Waals surface area contributed by atoms with Crippen LogP contribution in [0.2, 0.25) is 0 Å². The molecule has 2 amide bonds. The number of aliphatic carboxylic acids is 1. The van der Waals surface area contributed by atoms with Crippen LogP contribution >= 0.6 is 34.9 Å². The van der Waals surface area contributed by atoms with E-state index in [9.17, 15) is 19.5 Å². The van der Waals surface area contributed by atoms with Gasteiger partial charge in [0.15, 0.2) is 5.13 Å². The van der Waals surface area contributed by atoms with Gasteiger partial charge in [0.2, 0.25) is 11.5 Å². The Bertz CT molecular complexity index is 929. The van der Waals surface area contributed by atoms with Crippen molar-refractivity contribution in [3.05, 3.63) is 28.7 Å². The summed E-state index contributed by atoms with van der Waals surface area (Å²) in [7, 11) is 1.24. The topological polar surface area (TPSA) is 160 Å². The molecule has 1 aromatic heterocycles. The third-order valence-electron chi connectivity index (χ3n) is 3.80. The minimum Gasteiger partial charge on any atom is -0.477 e. The zero-order chi connectivity index (χ0) is 20.4. The quantitative estimate of drug-likeness (QED) is 0.310. The molecule has 0 spiro atoms. The van der Waals surface area contributed by atoms with Gasteiger partial charge in [-0.05, 0) is 11.6 Å². The van der Waals surface area contributed by atoms with Gasteiger partial charge in [-0.3, -0.25) is 14.5 Å². The SMILES string of the molecule is CON=C(C(=O)NC1C(=O)N2C(C(=O)O)=C(/C=C/Cl)CS[C@H]12)c1nsc(N)n1. The summed E-state index contributed by atoms with van der Waals surface area (Å²) < 4.78 is 3.90. The molecule has 0 bridgehead atoms. The van der Waals surface area contributed by atoms with Crippen LogP contribution in [-0.2, 0) is 19.2 Å². The lowest BCUT2D eigenvalue weighted by molar-refractivity contribution is -0.150. The van der Waals surface area contributed by atoms with Gasteiger partial charge >= 0.3 is 5.97 Å². The Balaban J connectivity index is 1.80. The number of anilines is 1. The second-order valence-corrected chi connectivity index (χ2v) is 7.55. The maximum atomic E-state index is 12.6. The van der Waals surface area contributed by atoms with Crippen LogP contribution in [0, 0.1) is 0 Å². The molecule has 14 heteroatoms. The fourth-order valence-corrected chi connectivity index (χ4v) is 4.57. The minimum absolute atomic E-state index is 0.0394. The van der Waals surface area contributed by atoms with Crippen LogP contribution in [0.4, 0.5) is 5.13 Å². The molecule has 4 N–H and O–H groups in total. The second-order valence-electron chi connectivity index (χ2n) is 5.41. The van der Waals surface area contributed by atoms with E-state index in [0.29, 0.717) is 11.3 Å². The fourth-order valence-electron chi connectivity index (χ4n) is 2.66. The Morgan fingerprint density at radius 2 is 2.29 bits per heavy atom. The number of nitrogens with zero attached hydrogens (tertiary/aromatic N) is 4. The molecule has 0 aromatic carbocycles. The Labute approximate surface area is 171 Å². The van der Waals surface area contributed by atoms with Crippen molar-refractivity contribution in [2.75, 3.05) is 18.6 Å². The van der Waals surface area contributed by atoms with Crippen molar-refractivity contribution >= 4 is 63.5 Å². The van der Waals surface area contributed by atoms with Gasteiger partial charge in [-0.1, -0.05) is 16.8 Å². The molecule has 148 valence electrons. The Morgan fingerprint density at radius 3 is 2.86 bits per heavy atom. The van der Waals surface area contributed by atoms with Gasteiger partial charge < -0.3 is 21.0 Å². The largest absolute Gasteiger partial charge is 0.477 e. The first-order valence-corrected chi connectivity index (χ1v) is 9.84. The highest BCUT2D eigenvalue weighted by molar-refractivity contribution is 8.00. The van der Waals surface area contributed by atoms with E-state index >= 15 is 0 Å². The highest BCUT2D eigenvalue weighted by Gasteiger charge is 2.54. The van der Waals surface area contributed by atoms with Crippen molar-refractivity contribution in [1.29, 1.82) is 0 Å². The number of nitrogen functional groups attached to an aromatic ring is 1. The molecule has 1 saturated heterocycles. The number of carbonyl (C=O) groups is 3. The van der Waals surface area contributed by atoms with Crippen LogP contribution in [0.3, 0.4) is 0 Å². The maximum absolute atomic E-state index is 12.6. The summed E-state index contributed by atoms with van der Waals surface area (Å²) in [5, 5.41) is 15.1. The van der Waals surface area contributed by atoms with Crippen molar-refractivity contribution in [3.63, 3.8) is 0 Å². The number of carboxylic acid groups (broad SMARTS) is 1. The van der Waals surface area contributed by atoms with E-state index in [1.165, 1.54) is 30.5 Å². The number of carbonyl (C=O) groups excluding carboxylic acids is 2. The average molecular weight is 445 g/mol. The number of nitrogens with two attached hydrogens (primary N) is 1. The zero-order valence-corrected chi connectivity index (χ0v) is 16.5. The van der Waals surface area contributed by atoms with Crippen LogP contribution in [-0.4, -0.2) is 67.1 Å². The molecule has 0 aliphatic carbocycles. The molecule has 1 unspecified atom stereocenters. The summed E-state index contributed by atoms with van der Waals surface area (Å²) in [4.78, 5) is 46.4. The standard InChI is InChI=1S/C14H13ClN6O5S2/c1-26-19-6(9-18-14(16)28-20-9)10(22)17-7-11(23)21-8(13(24)25)5(2-3-15)4-27-12(7)21/h2-3,7,12H,4H2,1H3,(H,17,22)(H,24,25)(H2,16,18,20)/b3-2+,19-6?/t7?,12-/m1/s1. The normalized spacial score (nSPS) is 22.1. The predicted molar refractivity (Wildman–Crippen MR) is 103 cm³/mol. The number of fused-ring (bicyclic) bond motifs is 1. The first-order chi connectivity index (χ1) is 13.4. The van der Waals surface area contributed by atoms with E-state index in [0.717, 1.165) is 16.4 Å². The Hall–Kier alpha value is -2.64. The number of thioether (sulfide) groups is 1. The highest BCUT2D eigenvalue weighted by atomic mass is 35.5. The number of amides is 2. The molecule has 0 saturated carbocycles. The summed E-state index contributed by atoms with van der Waals surface area (Å²) in [6.45, 7) is 0. The van der Waals surface area contributed by atoms with Gasteiger partial charge in [0.25, 0.3) is 11.8 Å². The van der Waals surface area contributed by atoms with E-state index in [4.69, 9.17) is 17.3 Å². The number of β-lactam (4-membered cyclic amide) rings is 1. The van der Waals surface area contributed by atoms with Gasteiger partial charge in [0.05, 0.1) is 0 Å². The van der Waals surface area contributed by atoms with E-state index in [2.05, 4.69) is 24.7 Å². The van der Waals surface area contributed by atoms with Crippen LogP contribution in [0.25, 0.3) is 0 Å². The molecule has 28 heavy (non-hydrogen) atoms. The monoisotopic (exact) mass is 444 g/mol. The third kappa shape index (κ3) is 3.55. The van der Waals surface area contributed by atoms with Gasteiger partial charge in [-0.15, -0.1) is 11.8 Å². The number of rotatable bonds is 6. The molecule has 3 heterocycles. The zero-order valence-electron chi connectivity index (χ0n) is 14.2. The number of aromatic nitrogens is 2. The van der Waals surface area contributed by atoms with E-state index < -0.39 is 29.2 Å². The molecule has 2 atom stereocenters. The van der Waals surface area contributed by atoms with Crippen LogP contribution in [0.1, 0.15) is 5.82 Å². The summed E-state index contributed by atoms with van der Waals surface area (Å²) >= 11 is 7.72. The highest BCUT2D eigenvalue weighted by Crippen LogP contribution is 2.40. The molecule has 3 rings (SSSR count). The first-order valence-electron chi connectivity index (χ1n) is 7.58. The number of allylic oxidation sites excluding steroid dienone is 1. The van der Waals surface area contributed by atoms with E-state index in [1.807, 2.05) is 0 Å². The molecule has 11 nitrogen and oxygen atoms in total. The number of halogens is 1. The lowest BCUT2D eigenvalue weighted by Crippen LogP contribution is -2.71. The summed E-state index contributed by atoms with van der Waals surface area (Å²) in [5.41, 5.74) is 6.71. The Morgan fingerprint density at radius 1 is 1.54 bits per heavy atom. The Kier molecular flexibility index (Phi) is 5.86. The summed E-state index contributed by atoms with van der Waals surface area (Å²) in [5.74, 6) is -2.29. The van der Waals surface area contributed by atoms with Crippen LogP contribution in [0.15, 0.2) is 28.0 Å². The van der Waals surface area contributed by atoms with Gasteiger partial charge in [0.1, 0.15) is 24.2 Å². The average Bonchev–Trinajstić information content (AvgIpc) is 3.09.